The fourth-order valence-electron chi connectivity index (χ4n) is 2.43. The molecule has 2 N–H and O–H groups in total. The number of nitrogens with zero attached hydrogens (tertiary/aromatic N) is 2. The van der Waals surface area contributed by atoms with Gasteiger partial charge < -0.3 is 10.6 Å². The van der Waals surface area contributed by atoms with Gasteiger partial charge in [-0.05, 0) is 31.7 Å². The first-order valence-corrected chi connectivity index (χ1v) is 7.54. The van der Waals surface area contributed by atoms with Crippen LogP contribution in [0.5, 0.6) is 0 Å². The van der Waals surface area contributed by atoms with E-state index < -0.39 is 6.04 Å². The van der Waals surface area contributed by atoms with E-state index in [0.29, 0.717) is 25.2 Å². The highest BCUT2D eigenvalue weighted by molar-refractivity contribution is 5.98. The number of carbonyl (C=O) groups excluding carboxylic acids is 3. The van der Waals surface area contributed by atoms with Crippen LogP contribution in [0.2, 0.25) is 0 Å². The summed E-state index contributed by atoms with van der Waals surface area (Å²) in [6.45, 7) is 3.25. The van der Waals surface area contributed by atoms with Crippen molar-refractivity contribution in [2.45, 2.75) is 19.5 Å². The van der Waals surface area contributed by atoms with Crippen LogP contribution < -0.4 is 10.6 Å². The first kappa shape index (κ1) is 17.0. The molecule has 1 aromatic carbocycles. The van der Waals surface area contributed by atoms with Gasteiger partial charge in [-0.2, -0.15) is 0 Å². The summed E-state index contributed by atoms with van der Waals surface area (Å²) in [6, 6.07) is 6.49. The summed E-state index contributed by atoms with van der Waals surface area (Å²) in [5, 5.41) is 5.20. The van der Waals surface area contributed by atoms with Gasteiger partial charge in [0.25, 0.3) is 5.91 Å². The van der Waals surface area contributed by atoms with Crippen LogP contribution in [0.1, 0.15) is 22.8 Å². The highest BCUT2D eigenvalue weighted by Crippen LogP contribution is 2.11. The third kappa shape index (κ3) is 3.87. The summed E-state index contributed by atoms with van der Waals surface area (Å²) in [7, 11) is 3.43. The molecule has 0 radical (unpaired) electrons. The Balaban J connectivity index is 1.97. The molecule has 0 saturated carbocycles. The number of nitrogens with one attached hydrogen (secondary N) is 2. The maximum Gasteiger partial charge on any atom is 0.324 e. The minimum absolute atomic E-state index is 0.131. The highest BCUT2D eigenvalue weighted by atomic mass is 16.2. The van der Waals surface area contributed by atoms with Crippen LogP contribution in [-0.2, 0) is 11.3 Å². The molecule has 0 aromatic heterocycles. The van der Waals surface area contributed by atoms with Crippen molar-refractivity contribution < 1.29 is 14.4 Å². The van der Waals surface area contributed by atoms with E-state index in [1.54, 1.807) is 26.1 Å². The van der Waals surface area contributed by atoms with Gasteiger partial charge in [0, 0.05) is 32.2 Å². The fraction of sp³-hybridized carbons (Fsp3) is 0.438. The minimum Gasteiger partial charge on any atom is -0.355 e. The van der Waals surface area contributed by atoms with Crippen molar-refractivity contribution in [2.75, 3.05) is 27.2 Å². The van der Waals surface area contributed by atoms with Crippen molar-refractivity contribution in [1.29, 1.82) is 0 Å². The molecular formula is C16H22N4O3. The molecule has 0 aliphatic carbocycles. The Morgan fingerprint density at radius 3 is 2.52 bits per heavy atom. The van der Waals surface area contributed by atoms with Gasteiger partial charge in [0.1, 0.15) is 0 Å². The fourth-order valence-corrected chi connectivity index (χ4v) is 2.43. The van der Waals surface area contributed by atoms with E-state index in [2.05, 4.69) is 10.6 Å². The third-order valence-electron chi connectivity index (χ3n) is 4.02. The molecule has 0 unspecified atom stereocenters. The summed E-state index contributed by atoms with van der Waals surface area (Å²) in [4.78, 5) is 38.5. The first-order valence-electron chi connectivity index (χ1n) is 7.54. The zero-order valence-corrected chi connectivity index (χ0v) is 13.6. The zero-order valence-electron chi connectivity index (χ0n) is 13.6. The number of amides is 4. The van der Waals surface area contributed by atoms with Crippen LogP contribution >= 0.6 is 0 Å². The molecule has 1 aliphatic rings. The van der Waals surface area contributed by atoms with Crippen LogP contribution in [0, 0.1) is 0 Å². The summed E-state index contributed by atoms with van der Waals surface area (Å²) < 4.78 is 0. The number of benzene rings is 1. The summed E-state index contributed by atoms with van der Waals surface area (Å²) in [5.74, 6) is -0.335. The topological polar surface area (TPSA) is 81.8 Å². The Labute approximate surface area is 135 Å². The lowest BCUT2D eigenvalue weighted by Gasteiger charge is -2.26. The second-order valence-electron chi connectivity index (χ2n) is 5.59. The number of rotatable bonds is 5. The Morgan fingerprint density at radius 2 is 2.00 bits per heavy atom. The quantitative estimate of drug-likeness (QED) is 0.824. The number of imide groups is 1. The van der Waals surface area contributed by atoms with Crippen LogP contribution in [-0.4, -0.2) is 60.9 Å². The number of likely N-dealkylation sites (N-methyl/N-ethyl adjacent to an activating group) is 1. The Morgan fingerprint density at radius 1 is 1.35 bits per heavy atom. The van der Waals surface area contributed by atoms with Gasteiger partial charge in [0.15, 0.2) is 0 Å². The maximum absolute atomic E-state index is 12.3. The monoisotopic (exact) mass is 318 g/mol. The molecule has 1 aliphatic heterocycles. The molecule has 0 spiro atoms. The Hall–Kier alpha value is -2.41. The normalized spacial score (nSPS) is 15.5. The van der Waals surface area contributed by atoms with Crippen LogP contribution in [0.4, 0.5) is 4.79 Å². The molecule has 1 atom stereocenters. The van der Waals surface area contributed by atoms with Crippen LogP contribution in [0.15, 0.2) is 24.3 Å². The van der Waals surface area contributed by atoms with Crippen LogP contribution in [0.3, 0.4) is 0 Å². The highest BCUT2D eigenvalue weighted by Gasteiger charge is 2.31. The standard InChI is InChI=1S/C16H22N4O3/c1-11(15(22)20-9-8-18-16(20)23)19(3)10-12-4-6-13(7-5-12)14(21)17-2/h4-7,11H,8-10H2,1-3H3,(H,17,21)(H,18,23)/t11-/m1/s1. The molecule has 1 aromatic rings. The number of carbonyl (C=O) groups is 3. The third-order valence-corrected chi connectivity index (χ3v) is 4.02. The number of hydrogen-bond acceptors (Lipinski definition) is 4. The molecule has 0 bridgehead atoms. The van der Waals surface area contributed by atoms with E-state index in [1.807, 2.05) is 24.1 Å². The first-order chi connectivity index (χ1) is 10.9. The van der Waals surface area contributed by atoms with Gasteiger partial charge >= 0.3 is 6.03 Å². The van der Waals surface area contributed by atoms with E-state index in [9.17, 15) is 14.4 Å². The van der Waals surface area contributed by atoms with Crippen molar-refractivity contribution in [3.63, 3.8) is 0 Å². The van der Waals surface area contributed by atoms with Gasteiger partial charge in [0.05, 0.1) is 6.04 Å². The zero-order chi connectivity index (χ0) is 17.0. The molecule has 124 valence electrons. The summed E-state index contributed by atoms with van der Waals surface area (Å²) >= 11 is 0. The second-order valence-corrected chi connectivity index (χ2v) is 5.59. The van der Waals surface area contributed by atoms with E-state index >= 15 is 0 Å². The predicted octanol–water partition coefficient (Wildman–Crippen LogP) is 0.418. The van der Waals surface area contributed by atoms with Crippen LogP contribution in [0.25, 0.3) is 0 Å². The molecule has 23 heavy (non-hydrogen) atoms. The average Bonchev–Trinajstić information content (AvgIpc) is 2.99. The predicted molar refractivity (Wildman–Crippen MR) is 85.9 cm³/mol. The lowest BCUT2D eigenvalue weighted by atomic mass is 10.1. The van der Waals surface area contributed by atoms with E-state index in [0.717, 1.165) is 5.56 Å². The van der Waals surface area contributed by atoms with Crippen molar-refractivity contribution in [1.82, 2.24) is 20.4 Å². The molecule has 2 rings (SSSR count). The number of urea groups is 1. The van der Waals surface area contributed by atoms with Gasteiger partial charge in [-0.3, -0.25) is 19.4 Å². The van der Waals surface area contributed by atoms with Gasteiger partial charge in [-0.25, -0.2) is 4.79 Å². The Kier molecular flexibility index (Phi) is 5.33. The van der Waals surface area contributed by atoms with E-state index in [4.69, 9.17) is 0 Å². The smallest absolute Gasteiger partial charge is 0.324 e. The molecular weight excluding hydrogens is 296 g/mol. The van der Waals surface area contributed by atoms with Crippen molar-refractivity contribution in [2.24, 2.45) is 0 Å². The summed E-state index contributed by atoms with van der Waals surface area (Å²) in [5.41, 5.74) is 1.59. The van der Waals surface area contributed by atoms with E-state index in [-0.39, 0.29) is 17.8 Å². The van der Waals surface area contributed by atoms with Crippen molar-refractivity contribution >= 4 is 17.8 Å². The van der Waals surface area contributed by atoms with Gasteiger partial charge in [-0.1, -0.05) is 12.1 Å². The average molecular weight is 318 g/mol. The van der Waals surface area contributed by atoms with Crippen molar-refractivity contribution in [3.05, 3.63) is 35.4 Å². The summed E-state index contributed by atoms with van der Waals surface area (Å²) in [6.07, 6.45) is 0. The maximum atomic E-state index is 12.3. The van der Waals surface area contributed by atoms with Gasteiger partial charge in [-0.15, -0.1) is 0 Å². The molecule has 4 amide bonds. The molecule has 1 fully saturated rings. The minimum atomic E-state index is -0.405. The molecule has 7 heteroatoms. The van der Waals surface area contributed by atoms with E-state index in [1.165, 1.54) is 4.90 Å². The SMILES string of the molecule is CNC(=O)c1ccc(CN(C)[C@H](C)C(=O)N2CCNC2=O)cc1. The lowest BCUT2D eigenvalue weighted by Crippen LogP contribution is -2.46. The molecule has 7 nitrogen and oxygen atoms in total. The molecule has 1 heterocycles. The van der Waals surface area contributed by atoms with Gasteiger partial charge in [0.2, 0.25) is 5.91 Å². The second kappa shape index (κ2) is 7.23. The Bertz CT molecular complexity index is 600. The number of hydrogen-bond donors (Lipinski definition) is 2. The lowest BCUT2D eigenvalue weighted by molar-refractivity contribution is -0.132. The van der Waals surface area contributed by atoms with Crippen molar-refractivity contribution in [3.8, 4) is 0 Å². The molecule has 1 saturated heterocycles. The largest absolute Gasteiger partial charge is 0.355 e.